The molecule has 1 nitrogen and oxygen atoms in total. The van der Waals surface area contributed by atoms with Crippen molar-refractivity contribution < 1.29 is 5.11 Å². The number of rotatable bonds is 1. The summed E-state index contributed by atoms with van der Waals surface area (Å²) < 4.78 is 0. The molecule has 0 heterocycles. The van der Waals surface area contributed by atoms with Gasteiger partial charge in [-0.25, -0.2) is 0 Å². The molecule has 1 aliphatic carbocycles. The zero-order valence-corrected chi connectivity index (χ0v) is 7.51. The summed E-state index contributed by atoms with van der Waals surface area (Å²) in [6.45, 7) is 8.16. The van der Waals surface area contributed by atoms with Crippen LogP contribution in [0, 0.1) is 11.3 Å². The van der Waals surface area contributed by atoms with Crippen LogP contribution < -0.4 is 0 Å². The molecule has 11 heavy (non-hydrogen) atoms. The molecule has 0 aliphatic heterocycles. The molecule has 1 N–H and O–H groups in total. The predicted octanol–water partition coefficient (Wildman–Crippen LogP) is 2.36. The first kappa shape index (κ1) is 8.79. The van der Waals surface area contributed by atoms with Crippen molar-refractivity contribution >= 4 is 0 Å². The third kappa shape index (κ3) is 2.06. The average molecular weight is 154 g/mol. The van der Waals surface area contributed by atoms with Gasteiger partial charge in [0, 0.05) is 5.92 Å². The average Bonchev–Trinajstić information content (AvgIpc) is 1.86. The van der Waals surface area contributed by atoms with Crippen molar-refractivity contribution in [3.8, 4) is 0 Å². The number of aliphatic hydroxyl groups is 1. The molecule has 1 fully saturated rings. The van der Waals surface area contributed by atoms with Gasteiger partial charge in [-0.1, -0.05) is 19.9 Å². The Balaban J connectivity index is 2.54. The minimum absolute atomic E-state index is 0.156. The predicted molar refractivity (Wildman–Crippen MR) is 47.3 cm³/mol. The molecule has 2 atom stereocenters. The highest BCUT2D eigenvalue weighted by atomic mass is 16.3. The quantitative estimate of drug-likeness (QED) is 0.575. The van der Waals surface area contributed by atoms with Gasteiger partial charge in [0.2, 0.25) is 0 Å². The van der Waals surface area contributed by atoms with E-state index >= 15 is 0 Å². The SMILES string of the molecule is C=CC1CCC(C)(C)CC1O. The van der Waals surface area contributed by atoms with Crippen molar-refractivity contribution in [2.75, 3.05) is 0 Å². The molecule has 1 saturated carbocycles. The first-order chi connectivity index (χ1) is 5.05. The van der Waals surface area contributed by atoms with Gasteiger partial charge in [-0.15, -0.1) is 6.58 Å². The molecule has 0 radical (unpaired) electrons. The third-order valence-electron chi connectivity index (χ3n) is 2.71. The van der Waals surface area contributed by atoms with E-state index in [9.17, 15) is 5.11 Å². The van der Waals surface area contributed by atoms with Crippen LogP contribution in [0.3, 0.4) is 0 Å². The Bertz CT molecular complexity index is 149. The zero-order chi connectivity index (χ0) is 8.48. The van der Waals surface area contributed by atoms with Gasteiger partial charge in [0.15, 0.2) is 0 Å². The van der Waals surface area contributed by atoms with Crippen molar-refractivity contribution in [2.45, 2.75) is 39.2 Å². The molecule has 0 spiro atoms. The normalized spacial score (nSPS) is 36.6. The van der Waals surface area contributed by atoms with Crippen LogP contribution >= 0.6 is 0 Å². The summed E-state index contributed by atoms with van der Waals surface area (Å²) in [4.78, 5) is 0. The van der Waals surface area contributed by atoms with Crippen LogP contribution in [0.1, 0.15) is 33.1 Å². The lowest BCUT2D eigenvalue weighted by Gasteiger charge is -2.36. The second-order valence-corrected chi connectivity index (χ2v) is 4.37. The fourth-order valence-electron chi connectivity index (χ4n) is 1.84. The third-order valence-corrected chi connectivity index (χ3v) is 2.71. The van der Waals surface area contributed by atoms with E-state index in [-0.39, 0.29) is 6.10 Å². The Morgan fingerprint density at radius 2 is 2.18 bits per heavy atom. The molecule has 0 bridgehead atoms. The van der Waals surface area contributed by atoms with Gasteiger partial charge in [0.1, 0.15) is 0 Å². The highest BCUT2D eigenvalue weighted by molar-refractivity contribution is 4.92. The van der Waals surface area contributed by atoms with E-state index in [2.05, 4.69) is 20.4 Å². The maximum Gasteiger partial charge on any atom is 0.0607 e. The van der Waals surface area contributed by atoms with Crippen LogP contribution in [0.2, 0.25) is 0 Å². The van der Waals surface area contributed by atoms with Crippen molar-refractivity contribution in [1.82, 2.24) is 0 Å². The molecular formula is C10H18O. The van der Waals surface area contributed by atoms with E-state index in [0.29, 0.717) is 11.3 Å². The topological polar surface area (TPSA) is 20.2 Å². The Kier molecular flexibility index (Phi) is 2.38. The lowest BCUT2D eigenvalue weighted by Crippen LogP contribution is -2.32. The second-order valence-electron chi connectivity index (χ2n) is 4.37. The summed E-state index contributed by atoms with van der Waals surface area (Å²) >= 11 is 0. The molecular weight excluding hydrogens is 136 g/mol. The van der Waals surface area contributed by atoms with Crippen molar-refractivity contribution in [3.05, 3.63) is 12.7 Å². The minimum Gasteiger partial charge on any atom is -0.392 e. The zero-order valence-electron chi connectivity index (χ0n) is 7.51. The molecule has 0 amide bonds. The lowest BCUT2D eigenvalue weighted by molar-refractivity contribution is 0.0346. The molecule has 2 unspecified atom stereocenters. The maximum atomic E-state index is 9.63. The monoisotopic (exact) mass is 154 g/mol. The van der Waals surface area contributed by atoms with Crippen LogP contribution in [0.25, 0.3) is 0 Å². The van der Waals surface area contributed by atoms with Crippen molar-refractivity contribution in [1.29, 1.82) is 0 Å². The van der Waals surface area contributed by atoms with Crippen LogP contribution in [0.5, 0.6) is 0 Å². The van der Waals surface area contributed by atoms with E-state index < -0.39 is 0 Å². The molecule has 1 aliphatic rings. The Labute approximate surface area is 69.1 Å². The second kappa shape index (κ2) is 2.98. The van der Waals surface area contributed by atoms with E-state index in [4.69, 9.17) is 0 Å². The fourth-order valence-corrected chi connectivity index (χ4v) is 1.84. The van der Waals surface area contributed by atoms with Crippen LogP contribution in [0.4, 0.5) is 0 Å². The highest BCUT2D eigenvalue weighted by Crippen LogP contribution is 2.38. The van der Waals surface area contributed by atoms with Gasteiger partial charge in [-0.2, -0.15) is 0 Å². The van der Waals surface area contributed by atoms with Gasteiger partial charge in [0.25, 0.3) is 0 Å². The van der Waals surface area contributed by atoms with E-state index in [1.807, 2.05) is 6.08 Å². The fraction of sp³-hybridized carbons (Fsp3) is 0.800. The molecule has 0 aromatic rings. The first-order valence-corrected chi connectivity index (χ1v) is 4.36. The summed E-state index contributed by atoms with van der Waals surface area (Å²) in [5.41, 5.74) is 0.332. The molecule has 64 valence electrons. The maximum absolute atomic E-state index is 9.63. The number of hydrogen-bond donors (Lipinski definition) is 1. The molecule has 1 heteroatoms. The van der Waals surface area contributed by atoms with Crippen LogP contribution in [-0.2, 0) is 0 Å². The van der Waals surface area contributed by atoms with Crippen LogP contribution in [0.15, 0.2) is 12.7 Å². The van der Waals surface area contributed by atoms with Gasteiger partial charge in [-0.05, 0) is 24.7 Å². The Hall–Kier alpha value is -0.300. The van der Waals surface area contributed by atoms with Crippen molar-refractivity contribution in [2.24, 2.45) is 11.3 Å². The molecule has 0 aromatic heterocycles. The van der Waals surface area contributed by atoms with Gasteiger partial charge in [-0.3, -0.25) is 0 Å². The van der Waals surface area contributed by atoms with E-state index in [1.165, 1.54) is 6.42 Å². The smallest absolute Gasteiger partial charge is 0.0607 e. The Morgan fingerprint density at radius 3 is 2.64 bits per heavy atom. The number of hydrogen-bond acceptors (Lipinski definition) is 1. The summed E-state index contributed by atoms with van der Waals surface area (Å²) in [5, 5.41) is 9.63. The van der Waals surface area contributed by atoms with Gasteiger partial charge < -0.3 is 5.11 Å². The summed E-state index contributed by atoms with van der Waals surface area (Å²) in [6.07, 6.45) is 4.96. The van der Waals surface area contributed by atoms with Gasteiger partial charge in [0.05, 0.1) is 6.10 Å². The largest absolute Gasteiger partial charge is 0.392 e. The van der Waals surface area contributed by atoms with Crippen molar-refractivity contribution in [3.63, 3.8) is 0 Å². The first-order valence-electron chi connectivity index (χ1n) is 4.36. The summed E-state index contributed by atoms with van der Waals surface area (Å²) in [7, 11) is 0. The standard InChI is InChI=1S/C10H18O/c1-4-8-5-6-10(2,3)7-9(8)11/h4,8-9,11H,1,5-7H2,2-3H3. The summed E-state index contributed by atoms with van der Waals surface area (Å²) in [6, 6.07) is 0. The van der Waals surface area contributed by atoms with E-state index in [0.717, 1.165) is 12.8 Å². The lowest BCUT2D eigenvalue weighted by atomic mass is 9.71. The molecule has 1 rings (SSSR count). The van der Waals surface area contributed by atoms with E-state index in [1.54, 1.807) is 0 Å². The highest BCUT2D eigenvalue weighted by Gasteiger charge is 2.31. The number of aliphatic hydroxyl groups excluding tert-OH is 1. The molecule has 0 saturated heterocycles. The minimum atomic E-state index is -0.156. The molecule has 0 aromatic carbocycles. The summed E-state index contributed by atoms with van der Waals surface area (Å²) in [5.74, 6) is 0.336. The van der Waals surface area contributed by atoms with Gasteiger partial charge >= 0.3 is 0 Å². The Morgan fingerprint density at radius 1 is 1.55 bits per heavy atom. The van der Waals surface area contributed by atoms with Crippen LogP contribution in [-0.4, -0.2) is 11.2 Å².